The van der Waals surface area contributed by atoms with Crippen molar-refractivity contribution in [3.63, 3.8) is 0 Å². The first-order chi connectivity index (χ1) is 9.22. The Kier molecular flexibility index (Phi) is 4.74. The highest BCUT2D eigenvalue weighted by Crippen LogP contribution is 2.40. The van der Waals surface area contributed by atoms with Crippen LogP contribution in [-0.4, -0.2) is 25.6 Å². The van der Waals surface area contributed by atoms with E-state index in [4.69, 9.17) is 4.99 Å². The number of aliphatic imine (C=N–C) groups is 1. The van der Waals surface area contributed by atoms with Crippen LogP contribution in [-0.2, 0) is 0 Å². The number of guanidine groups is 1. The molecule has 0 fully saturated rings. The van der Waals surface area contributed by atoms with Crippen LogP contribution in [0.3, 0.4) is 0 Å². The van der Waals surface area contributed by atoms with Gasteiger partial charge in [0.25, 0.3) is 0 Å². The van der Waals surface area contributed by atoms with Gasteiger partial charge in [-0.05, 0) is 49.9 Å². The molecule has 2 heterocycles. The summed E-state index contributed by atoms with van der Waals surface area (Å²) in [6.45, 7) is 9.81. The number of fused-ring (bicyclic) bond motifs is 3. The largest absolute Gasteiger partial charge is 1.00 e. The van der Waals surface area contributed by atoms with Crippen LogP contribution in [0.25, 0.3) is 0 Å². The molecule has 0 aromatic heterocycles. The second kappa shape index (κ2) is 6.17. The number of rotatable bonds is 3. The summed E-state index contributed by atoms with van der Waals surface area (Å²) in [5, 5.41) is 0. The summed E-state index contributed by atoms with van der Waals surface area (Å²) < 4.78 is 0. The molecule has 1 aromatic rings. The van der Waals surface area contributed by atoms with Crippen LogP contribution >= 0.6 is 0 Å². The number of halogens is 1. The molecule has 2 aliphatic heterocycles. The summed E-state index contributed by atoms with van der Waals surface area (Å²) in [7, 11) is 0. The molecule has 110 valence electrons. The quantitative estimate of drug-likeness (QED) is 0.800. The van der Waals surface area contributed by atoms with E-state index in [-0.39, 0.29) is 17.0 Å². The van der Waals surface area contributed by atoms with Gasteiger partial charge in [0.2, 0.25) is 5.96 Å². The third-order valence-corrected chi connectivity index (χ3v) is 4.18. The molecule has 0 atom stereocenters. The van der Waals surface area contributed by atoms with E-state index in [0.717, 1.165) is 26.1 Å². The van der Waals surface area contributed by atoms with Gasteiger partial charge in [0.1, 0.15) is 0 Å². The van der Waals surface area contributed by atoms with Gasteiger partial charge in [-0.2, -0.15) is 0 Å². The fourth-order valence-corrected chi connectivity index (χ4v) is 2.91. The highest BCUT2D eigenvalue weighted by atomic mass is 79.9. The maximum absolute atomic E-state index is 4.77. The lowest BCUT2D eigenvalue weighted by atomic mass is 10.1. The highest BCUT2D eigenvalue weighted by molar-refractivity contribution is 6.16. The van der Waals surface area contributed by atoms with Crippen LogP contribution in [0.15, 0.2) is 17.1 Å². The minimum Gasteiger partial charge on any atom is -1.00 e. The van der Waals surface area contributed by atoms with Gasteiger partial charge < -0.3 is 26.8 Å². The molecule has 3 nitrogen and oxygen atoms in total. The molecule has 2 aliphatic rings. The van der Waals surface area contributed by atoms with Crippen molar-refractivity contribution in [2.45, 2.75) is 40.0 Å². The predicted molar refractivity (Wildman–Crippen MR) is 82.4 cm³/mol. The minimum absolute atomic E-state index is 0. The molecule has 0 radical (unpaired) electrons. The SMILES string of the molecule is CCCCN1C2=NCCCN2c2cc(C)c(C)cc21.[Br-]. The molecule has 0 saturated carbocycles. The van der Waals surface area contributed by atoms with Crippen LogP contribution in [0.4, 0.5) is 11.4 Å². The van der Waals surface area contributed by atoms with Crippen molar-refractivity contribution in [3.05, 3.63) is 23.3 Å². The zero-order valence-electron chi connectivity index (χ0n) is 12.6. The highest BCUT2D eigenvalue weighted by Gasteiger charge is 2.33. The topological polar surface area (TPSA) is 18.8 Å². The van der Waals surface area contributed by atoms with E-state index < -0.39 is 0 Å². The Bertz CT molecular complexity index is 525. The molecule has 0 amide bonds. The minimum atomic E-state index is 0. The van der Waals surface area contributed by atoms with Crippen LogP contribution in [0.5, 0.6) is 0 Å². The molecule has 0 bridgehead atoms. The fourth-order valence-electron chi connectivity index (χ4n) is 2.91. The summed E-state index contributed by atoms with van der Waals surface area (Å²) in [6, 6.07) is 4.67. The lowest BCUT2D eigenvalue weighted by molar-refractivity contribution is -0.00000403. The Morgan fingerprint density at radius 3 is 2.55 bits per heavy atom. The molecule has 0 N–H and O–H groups in total. The number of hydrogen-bond acceptors (Lipinski definition) is 3. The lowest BCUT2D eigenvalue weighted by Gasteiger charge is -2.26. The van der Waals surface area contributed by atoms with Crippen molar-refractivity contribution in [2.75, 3.05) is 29.4 Å². The van der Waals surface area contributed by atoms with Crippen molar-refractivity contribution in [1.82, 2.24) is 0 Å². The smallest absolute Gasteiger partial charge is 0.205 e. The van der Waals surface area contributed by atoms with E-state index in [1.54, 1.807) is 0 Å². The zero-order valence-corrected chi connectivity index (χ0v) is 14.2. The van der Waals surface area contributed by atoms with Gasteiger partial charge in [-0.25, -0.2) is 0 Å². The average Bonchev–Trinajstić information content (AvgIpc) is 2.71. The van der Waals surface area contributed by atoms with Crippen molar-refractivity contribution in [3.8, 4) is 0 Å². The molecule has 20 heavy (non-hydrogen) atoms. The molecular formula is C16H23BrN3-. The molecule has 4 heteroatoms. The van der Waals surface area contributed by atoms with E-state index >= 15 is 0 Å². The molecule has 0 aliphatic carbocycles. The fraction of sp³-hybridized carbons (Fsp3) is 0.562. The lowest BCUT2D eigenvalue weighted by Crippen LogP contribution is -3.00. The number of unbranched alkanes of at least 4 members (excludes halogenated alkanes) is 1. The summed E-state index contributed by atoms with van der Waals surface area (Å²) in [6.07, 6.45) is 3.61. The summed E-state index contributed by atoms with van der Waals surface area (Å²) in [5.41, 5.74) is 5.47. The Morgan fingerprint density at radius 1 is 1.15 bits per heavy atom. The van der Waals surface area contributed by atoms with Crippen LogP contribution in [0.2, 0.25) is 0 Å². The van der Waals surface area contributed by atoms with E-state index in [2.05, 4.69) is 42.7 Å². The van der Waals surface area contributed by atoms with E-state index in [0.29, 0.717) is 0 Å². The third-order valence-electron chi connectivity index (χ3n) is 4.18. The van der Waals surface area contributed by atoms with Gasteiger partial charge in [0, 0.05) is 19.6 Å². The van der Waals surface area contributed by atoms with Gasteiger partial charge in [0.05, 0.1) is 11.4 Å². The zero-order chi connectivity index (χ0) is 13.4. The molecule has 0 spiro atoms. The first kappa shape index (κ1) is 15.4. The monoisotopic (exact) mass is 336 g/mol. The van der Waals surface area contributed by atoms with Gasteiger partial charge >= 0.3 is 0 Å². The van der Waals surface area contributed by atoms with E-state index in [9.17, 15) is 0 Å². The van der Waals surface area contributed by atoms with Gasteiger partial charge in [-0.1, -0.05) is 13.3 Å². The van der Waals surface area contributed by atoms with Gasteiger partial charge in [-0.3, -0.25) is 4.99 Å². The number of anilines is 2. The third kappa shape index (κ3) is 2.46. The van der Waals surface area contributed by atoms with Gasteiger partial charge in [-0.15, -0.1) is 0 Å². The van der Waals surface area contributed by atoms with Crippen molar-refractivity contribution >= 4 is 17.3 Å². The molecule has 0 saturated heterocycles. The Morgan fingerprint density at radius 2 is 1.85 bits per heavy atom. The second-order valence-electron chi connectivity index (χ2n) is 5.62. The first-order valence-corrected chi connectivity index (χ1v) is 7.43. The molecular weight excluding hydrogens is 314 g/mol. The summed E-state index contributed by atoms with van der Waals surface area (Å²) in [4.78, 5) is 9.59. The Balaban J connectivity index is 0.00000147. The second-order valence-corrected chi connectivity index (χ2v) is 5.62. The van der Waals surface area contributed by atoms with Crippen LogP contribution in [0.1, 0.15) is 37.3 Å². The summed E-state index contributed by atoms with van der Waals surface area (Å²) in [5.74, 6) is 1.18. The normalized spacial score (nSPS) is 16.4. The average molecular weight is 337 g/mol. The first-order valence-electron chi connectivity index (χ1n) is 7.43. The predicted octanol–water partition coefficient (Wildman–Crippen LogP) is 0.494. The van der Waals surface area contributed by atoms with E-state index in [1.807, 2.05) is 0 Å². The number of benzene rings is 1. The van der Waals surface area contributed by atoms with Crippen molar-refractivity contribution in [1.29, 1.82) is 0 Å². The maximum atomic E-state index is 4.77. The number of aryl methyl sites for hydroxylation is 2. The Hall–Kier alpha value is -1.03. The van der Waals surface area contributed by atoms with Crippen molar-refractivity contribution < 1.29 is 17.0 Å². The number of nitrogens with zero attached hydrogens (tertiary/aromatic N) is 3. The number of hydrogen-bond donors (Lipinski definition) is 0. The maximum Gasteiger partial charge on any atom is 0.205 e. The van der Waals surface area contributed by atoms with Crippen LogP contribution < -0.4 is 26.8 Å². The standard InChI is InChI=1S/C16H23N3.BrH/c1-4-5-8-18-14-10-12(2)13(3)11-15(14)19-9-6-7-17-16(18)19;/h10-11H,4-9H2,1-3H3;1H/p-1. The van der Waals surface area contributed by atoms with Crippen LogP contribution in [0, 0.1) is 13.8 Å². The summed E-state index contributed by atoms with van der Waals surface area (Å²) >= 11 is 0. The van der Waals surface area contributed by atoms with Crippen molar-refractivity contribution in [2.24, 2.45) is 4.99 Å². The Labute approximate surface area is 132 Å². The van der Waals surface area contributed by atoms with E-state index in [1.165, 1.54) is 41.3 Å². The molecule has 3 rings (SSSR count). The van der Waals surface area contributed by atoms with Gasteiger partial charge in [0.15, 0.2) is 0 Å². The molecule has 0 unspecified atom stereocenters. The molecule has 1 aromatic carbocycles.